The summed E-state index contributed by atoms with van der Waals surface area (Å²) in [4.78, 5) is 5.54. The van der Waals surface area contributed by atoms with Crippen molar-refractivity contribution in [3.8, 4) is 0 Å². The molecule has 0 aliphatic carbocycles. The highest BCUT2D eigenvalue weighted by atomic mass is 16.7. The van der Waals surface area contributed by atoms with Crippen molar-refractivity contribution in [1.82, 2.24) is 5.48 Å². The summed E-state index contributed by atoms with van der Waals surface area (Å²) < 4.78 is 0. The van der Waals surface area contributed by atoms with E-state index in [0.717, 1.165) is 16.8 Å². The van der Waals surface area contributed by atoms with Crippen LogP contribution in [0.3, 0.4) is 0 Å². The third kappa shape index (κ3) is 2.60. The summed E-state index contributed by atoms with van der Waals surface area (Å²) in [6.45, 7) is 0. The molecule has 3 N–H and O–H groups in total. The molecule has 0 aromatic heterocycles. The van der Waals surface area contributed by atoms with Gasteiger partial charge in [0.1, 0.15) is 6.10 Å². The predicted octanol–water partition coefficient (Wildman–Crippen LogP) is 0.983. The Morgan fingerprint density at radius 1 is 0.950 bits per heavy atom. The van der Waals surface area contributed by atoms with Gasteiger partial charge in [0, 0.05) is 0 Å². The van der Waals surface area contributed by atoms with Crippen LogP contribution in [0, 0.1) is 0 Å². The first-order chi connectivity index (χ1) is 9.74. The van der Waals surface area contributed by atoms with Crippen molar-refractivity contribution in [2.75, 3.05) is 0 Å². The summed E-state index contributed by atoms with van der Waals surface area (Å²) >= 11 is 0. The molecule has 0 bridgehead atoms. The topological polar surface area (TPSA) is 61.7 Å². The lowest BCUT2D eigenvalue weighted by Gasteiger charge is -2.08. The Morgan fingerprint density at radius 3 is 2.30 bits per heavy atom. The van der Waals surface area contributed by atoms with Gasteiger partial charge in [0.05, 0.1) is 5.70 Å². The molecule has 2 aromatic rings. The van der Waals surface area contributed by atoms with E-state index < -0.39 is 7.12 Å². The van der Waals surface area contributed by atoms with E-state index in [1.165, 1.54) is 0 Å². The van der Waals surface area contributed by atoms with Crippen molar-refractivity contribution in [3.63, 3.8) is 0 Å². The fourth-order valence-corrected chi connectivity index (χ4v) is 2.14. The second-order valence-corrected chi connectivity index (χ2v) is 4.63. The minimum atomic E-state index is -1.44. The third-order valence-electron chi connectivity index (χ3n) is 3.26. The highest BCUT2D eigenvalue weighted by Crippen LogP contribution is 2.27. The molecule has 0 amide bonds. The molecule has 1 heterocycles. The first-order valence-corrected chi connectivity index (χ1v) is 6.39. The molecule has 5 heteroatoms. The maximum Gasteiger partial charge on any atom is 0.488 e. The van der Waals surface area contributed by atoms with E-state index in [4.69, 9.17) is 14.9 Å². The van der Waals surface area contributed by atoms with Crippen LogP contribution in [0.4, 0.5) is 0 Å². The van der Waals surface area contributed by atoms with Crippen LogP contribution in [0.15, 0.2) is 60.7 Å². The number of hydrogen-bond donors (Lipinski definition) is 3. The van der Waals surface area contributed by atoms with Crippen LogP contribution < -0.4 is 10.9 Å². The van der Waals surface area contributed by atoms with Gasteiger partial charge >= 0.3 is 7.12 Å². The SMILES string of the molecule is OB(O)c1ccc(C2C=C(c3ccccc3)NO2)cc1. The minimum Gasteiger partial charge on any atom is -0.423 e. The lowest BCUT2D eigenvalue weighted by molar-refractivity contribution is 0.0511. The van der Waals surface area contributed by atoms with Gasteiger partial charge in [-0.3, -0.25) is 10.3 Å². The quantitative estimate of drug-likeness (QED) is 0.725. The van der Waals surface area contributed by atoms with Crippen LogP contribution in [0.5, 0.6) is 0 Å². The maximum atomic E-state index is 9.07. The molecule has 0 saturated carbocycles. The van der Waals surface area contributed by atoms with E-state index in [1.807, 2.05) is 48.5 Å². The average molecular weight is 267 g/mol. The molecule has 100 valence electrons. The molecule has 3 rings (SSSR count). The Bertz CT molecular complexity index is 611. The third-order valence-corrected chi connectivity index (χ3v) is 3.26. The molecule has 0 radical (unpaired) electrons. The molecule has 1 aliphatic heterocycles. The Balaban J connectivity index is 1.81. The second kappa shape index (κ2) is 5.50. The highest BCUT2D eigenvalue weighted by molar-refractivity contribution is 6.58. The van der Waals surface area contributed by atoms with Gasteiger partial charge in [-0.25, -0.2) is 0 Å². The van der Waals surface area contributed by atoms with Crippen LogP contribution in [0.25, 0.3) is 5.70 Å². The first-order valence-electron chi connectivity index (χ1n) is 6.39. The standard InChI is InChI=1S/C15H14BNO3/c18-16(19)13-8-6-12(7-9-13)15-10-14(17-20-15)11-4-2-1-3-5-11/h1-10,15,17-19H. The molecule has 1 unspecified atom stereocenters. The zero-order valence-electron chi connectivity index (χ0n) is 10.7. The Morgan fingerprint density at radius 2 is 1.65 bits per heavy atom. The van der Waals surface area contributed by atoms with Gasteiger partial charge in [0.2, 0.25) is 0 Å². The zero-order valence-corrected chi connectivity index (χ0v) is 10.7. The smallest absolute Gasteiger partial charge is 0.423 e. The van der Waals surface area contributed by atoms with Crippen LogP contribution in [0.1, 0.15) is 17.2 Å². The van der Waals surface area contributed by atoms with Gasteiger partial charge in [-0.05, 0) is 22.7 Å². The van der Waals surface area contributed by atoms with Crippen LogP contribution in [-0.2, 0) is 4.84 Å². The van der Waals surface area contributed by atoms with Crippen molar-refractivity contribution < 1.29 is 14.9 Å². The minimum absolute atomic E-state index is 0.185. The fraction of sp³-hybridized carbons (Fsp3) is 0.0667. The molecule has 0 spiro atoms. The maximum absolute atomic E-state index is 9.07. The summed E-state index contributed by atoms with van der Waals surface area (Å²) in [5.74, 6) is 0. The van der Waals surface area contributed by atoms with Gasteiger partial charge in [-0.1, -0.05) is 54.6 Å². The first kappa shape index (κ1) is 12.9. The summed E-state index contributed by atoms with van der Waals surface area (Å²) in [6, 6.07) is 16.9. The summed E-state index contributed by atoms with van der Waals surface area (Å²) in [6.07, 6.45) is 1.81. The van der Waals surface area contributed by atoms with Gasteiger partial charge in [0.25, 0.3) is 0 Å². The molecule has 1 aliphatic rings. The number of rotatable bonds is 3. The molecule has 20 heavy (non-hydrogen) atoms. The van der Waals surface area contributed by atoms with E-state index in [9.17, 15) is 0 Å². The number of nitrogens with one attached hydrogen (secondary N) is 1. The monoisotopic (exact) mass is 267 g/mol. The Hall–Kier alpha value is -2.08. The lowest BCUT2D eigenvalue weighted by Crippen LogP contribution is -2.29. The Labute approximate surface area is 117 Å². The molecular weight excluding hydrogens is 253 g/mol. The van der Waals surface area contributed by atoms with Crippen LogP contribution in [0.2, 0.25) is 0 Å². The number of hydrogen-bond acceptors (Lipinski definition) is 4. The normalized spacial score (nSPS) is 17.5. The van der Waals surface area contributed by atoms with Gasteiger partial charge in [-0.15, -0.1) is 0 Å². The lowest BCUT2D eigenvalue weighted by atomic mass is 9.80. The van der Waals surface area contributed by atoms with E-state index in [-0.39, 0.29) is 6.10 Å². The Kier molecular flexibility index (Phi) is 3.56. The molecular formula is C15H14BNO3. The average Bonchev–Trinajstić information content (AvgIpc) is 2.98. The summed E-state index contributed by atoms with van der Waals surface area (Å²) in [5, 5.41) is 18.1. The predicted molar refractivity (Wildman–Crippen MR) is 77.6 cm³/mol. The van der Waals surface area contributed by atoms with Crippen molar-refractivity contribution in [3.05, 3.63) is 71.8 Å². The van der Waals surface area contributed by atoms with E-state index >= 15 is 0 Å². The largest absolute Gasteiger partial charge is 0.488 e. The second-order valence-electron chi connectivity index (χ2n) is 4.63. The van der Waals surface area contributed by atoms with Crippen molar-refractivity contribution in [2.24, 2.45) is 0 Å². The number of benzene rings is 2. The highest BCUT2D eigenvalue weighted by Gasteiger charge is 2.20. The fourth-order valence-electron chi connectivity index (χ4n) is 2.14. The van der Waals surface area contributed by atoms with Gasteiger partial charge in [0.15, 0.2) is 0 Å². The zero-order chi connectivity index (χ0) is 13.9. The molecule has 0 fully saturated rings. The molecule has 0 saturated heterocycles. The van der Waals surface area contributed by atoms with Crippen LogP contribution in [-0.4, -0.2) is 17.2 Å². The summed E-state index contributed by atoms with van der Waals surface area (Å²) in [7, 11) is -1.44. The van der Waals surface area contributed by atoms with Crippen molar-refractivity contribution >= 4 is 18.3 Å². The van der Waals surface area contributed by atoms with Gasteiger partial charge in [-0.2, -0.15) is 0 Å². The van der Waals surface area contributed by atoms with Crippen molar-refractivity contribution in [2.45, 2.75) is 6.10 Å². The van der Waals surface area contributed by atoms with E-state index in [0.29, 0.717) is 5.46 Å². The van der Waals surface area contributed by atoms with E-state index in [1.54, 1.807) is 12.1 Å². The molecule has 4 nitrogen and oxygen atoms in total. The summed E-state index contributed by atoms with van der Waals surface area (Å²) in [5.41, 5.74) is 6.34. The molecule has 2 aromatic carbocycles. The van der Waals surface area contributed by atoms with Gasteiger partial charge < -0.3 is 10.0 Å². The van der Waals surface area contributed by atoms with E-state index in [2.05, 4.69) is 5.48 Å². The molecule has 1 atom stereocenters. The van der Waals surface area contributed by atoms with Crippen LogP contribution >= 0.6 is 0 Å². The van der Waals surface area contributed by atoms with Crippen molar-refractivity contribution in [1.29, 1.82) is 0 Å². The number of hydroxylamine groups is 1.